The SMILES string of the molecule is COCO[C@@H]1CC2(SCCCS2)[C@H](N)[C@H]2OCO[C@@H]21. The lowest BCUT2D eigenvalue weighted by atomic mass is 9.87. The number of fused-ring (bicyclic) bond motifs is 1. The van der Waals surface area contributed by atoms with Gasteiger partial charge in [-0.25, -0.2) is 0 Å². The highest BCUT2D eigenvalue weighted by atomic mass is 32.2. The first-order valence-electron chi connectivity index (χ1n) is 6.64. The molecule has 2 aliphatic heterocycles. The molecule has 1 aliphatic carbocycles. The van der Waals surface area contributed by atoms with E-state index in [9.17, 15) is 0 Å². The molecule has 0 bridgehead atoms. The first-order chi connectivity index (χ1) is 9.27. The Balaban J connectivity index is 1.78. The number of rotatable bonds is 3. The fraction of sp³-hybridized carbons (Fsp3) is 1.00. The summed E-state index contributed by atoms with van der Waals surface area (Å²) in [7, 11) is 1.64. The fourth-order valence-corrected chi connectivity index (χ4v) is 6.51. The molecule has 0 aromatic rings. The van der Waals surface area contributed by atoms with Crippen LogP contribution >= 0.6 is 23.5 Å². The van der Waals surface area contributed by atoms with Gasteiger partial charge in [0, 0.05) is 13.5 Å². The van der Waals surface area contributed by atoms with E-state index >= 15 is 0 Å². The molecule has 4 atom stereocenters. The van der Waals surface area contributed by atoms with Gasteiger partial charge in [0.15, 0.2) is 0 Å². The van der Waals surface area contributed by atoms with Gasteiger partial charge in [-0.2, -0.15) is 0 Å². The maximum absolute atomic E-state index is 6.49. The van der Waals surface area contributed by atoms with E-state index in [4.69, 9.17) is 24.7 Å². The summed E-state index contributed by atoms with van der Waals surface area (Å²) in [5, 5.41) is 0. The summed E-state index contributed by atoms with van der Waals surface area (Å²) in [5.41, 5.74) is 6.49. The van der Waals surface area contributed by atoms with E-state index in [2.05, 4.69) is 0 Å². The van der Waals surface area contributed by atoms with Gasteiger partial charge >= 0.3 is 0 Å². The van der Waals surface area contributed by atoms with Gasteiger partial charge in [0.25, 0.3) is 0 Å². The molecule has 3 fully saturated rings. The van der Waals surface area contributed by atoms with Gasteiger partial charge in [-0.1, -0.05) is 0 Å². The lowest BCUT2D eigenvalue weighted by molar-refractivity contribution is -0.131. The summed E-state index contributed by atoms with van der Waals surface area (Å²) in [6.07, 6.45) is 2.04. The molecule has 2 N–H and O–H groups in total. The molecular weight excluding hydrogens is 286 g/mol. The molecule has 0 unspecified atom stereocenters. The molecule has 0 aromatic carbocycles. The number of nitrogens with two attached hydrogens (primary N) is 1. The standard InChI is InChI=1S/C12H21NO4S2/c1-14-6-15-8-5-12(18-3-2-4-19-12)11(13)10-9(8)16-7-17-10/h8-11H,2-7,13H2,1H3/t8-,9-,10+,11-/m1/s1. The van der Waals surface area contributed by atoms with E-state index in [1.165, 1.54) is 6.42 Å². The maximum atomic E-state index is 6.49. The lowest BCUT2D eigenvalue weighted by Gasteiger charge is -2.49. The fourth-order valence-electron chi connectivity index (χ4n) is 3.01. The Morgan fingerprint density at radius 1 is 1.26 bits per heavy atom. The molecule has 3 rings (SSSR count). The number of thioether (sulfide) groups is 2. The second-order valence-corrected chi connectivity index (χ2v) is 8.19. The number of methoxy groups -OCH3 is 1. The van der Waals surface area contributed by atoms with E-state index in [0.717, 1.165) is 17.9 Å². The molecule has 1 saturated carbocycles. The van der Waals surface area contributed by atoms with Gasteiger partial charge in [-0.05, 0) is 17.9 Å². The van der Waals surface area contributed by atoms with Crippen molar-refractivity contribution in [3.05, 3.63) is 0 Å². The largest absolute Gasteiger partial charge is 0.359 e. The number of hydrogen-bond donors (Lipinski definition) is 1. The minimum Gasteiger partial charge on any atom is -0.359 e. The Labute approximate surface area is 122 Å². The minimum atomic E-state index is -0.0614. The van der Waals surface area contributed by atoms with E-state index in [1.54, 1.807) is 7.11 Å². The van der Waals surface area contributed by atoms with E-state index < -0.39 is 0 Å². The Morgan fingerprint density at radius 3 is 2.74 bits per heavy atom. The van der Waals surface area contributed by atoms with Gasteiger partial charge < -0.3 is 24.7 Å². The molecule has 0 amide bonds. The second-order valence-electron chi connectivity index (χ2n) is 5.08. The van der Waals surface area contributed by atoms with Crippen LogP contribution in [0.5, 0.6) is 0 Å². The van der Waals surface area contributed by atoms with Crippen molar-refractivity contribution in [2.75, 3.05) is 32.2 Å². The lowest BCUT2D eigenvalue weighted by Crippen LogP contribution is -2.63. The van der Waals surface area contributed by atoms with Crippen LogP contribution in [-0.4, -0.2) is 60.6 Å². The molecular formula is C12H21NO4S2. The number of hydrogen-bond acceptors (Lipinski definition) is 7. The third kappa shape index (κ3) is 2.66. The van der Waals surface area contributed by atoms with Crippen molar-refractivity contribution in [3.8, 4) is 0 Å². The van der Waals surface area contributed by atoms with E-state index in [0.29, 0.717) is 6.79 Å². The normalized spacial score (nSPS) is 41.4. The van der Waals surface area contributed by atoms with Gasteiger partial charge in [-0.3, -0.25) is 0 Å². The molecule has 3 aliphatic rings. The second kappa shape index (κ2) is 6.09. The predicted molar refractivity (Wildman–Crippen MR) is 76.2 cm³/mol. The van der Waals surface area contributed by atoms with Crippen LogP contribution in [0, 0.1) is 0 Å². The van der Waals surface area contributed by atoms with Crippen molar-refractivity contribution in [2.45, 2.75) is 41.3 Å². The molecule has 19 heavy (non-hydrogen) atoms. The van der Waals surface area contributed by atoms with Gasteiger partial charge in [-0.15, -0.1) is 23.5 Å². The maximum Gasteiger partial charge on any atom is 0.147 e. The Morgan fingerprint density at radius 2 is 2.00 bits per heavy atom. The first kappa shape index (κ1) is 14.4. The van der Waals surface area contributed by atoms with E-state index in [1.807, 2.05) is 23.5 Å². The Bertz CT molecular complexity index is 314. The van der Waals surface area contributed by atoms with Crippen LogP contribution in [0.2, 0.25) is 0 Å². The molecule has 1 spiro atoms. The topological polar surface area (TPSA) is 62.9 Å². The third-order valence-electron chi connectivity index (χ3n) is 3.94. The summed E-state index contributed by atoms with van der Waals surface area (Å²) in [6.45, 7) is 0.610. The summed E-state index contributed by atoms with van der Waals surface area (Å²) in [6, 6.07) is -0.00213. The first-order valence-corrected chi connectivity index (χ1v) is 8.61. The summed E-state index contributed by atoms with van der Waals surface area (Å²) in [4.78, 5) is 0. The zero-order chi connectivity index (χ0) is 13.3. The van der Waals surface area contributed by atoms with Crippen molar-refractivity contribution in [3.63, 3.8) is 0 Å². The highest BCUT2D eigenvalue weighted by molar-refractivity contribution is 8.18. The predicted octanol–water partition coefficient (Wildman–Crippen LogP) is 1.01. The molecule has 5 nitrogen and oxygen atoms in total. The third-order valence-corrected chi connectivity index (χ3v) is 7.49. The zero-order valence-electron chi connectivity index (χ0n) is 11.1. The van der Waals surface area contributed by atoms with Crippen molar-refractivity contribution in [1.82, 2.24) is 0 Å². The molecule has 2 saturated heterocycles. The molecule has 110 valence electrons. The summed E-state index contributed by atoms with van der Waals surface area (Å²) < 4.78 is 22.2. The minimum absolute atomic E-state index is 0.00213. The quantitative estimate of drug-likeness (QED) is 0.781. The van der Waals surface area contributed by atoms with Crippen LogP contribution in [0.4, 0.5) is 0 Å². The number of ether oxygens (including phenoxy) is 4. The monoisotopic (exact) mass is 307 g/mol. The Kier molecular flexibility index (Phi) is 4.63. The van der Waals surface area contributed by atoms with Gasteiger partial charge in [0.1, 0.15) is 25.8 Å². The Hall–Kier alpha value is 0.500. The van der Waals surface area contributed by atoms with Crippen LogP contribution in [0.25, 0.3) is 0 Å². The van der Waals surface area contributed by atoms with Crippen LogP contribution in [-0.2, 0) is 18.9 Å². The van der Waals surface area contributed by atoms with Crippen LogP contribution in [0.1, 0.15) is 12.8 Å². The van der Waals surface area contributed by atoms with Crippen molar-refractivity contribution in [2.24, 2.45) is 5.73 Å². The summed E-state index contributed by atoms with van der Waals surface area (Å²) in [5.74, 6) is 2.33. The molecule has 7 heteroatoms. The molecule has 0 aromatic heterocycles. The van der Waals surface area contributed by atoms with Crippen molar-refractivity contribution < 1.29 is 18.9 Å². The van der Waals surface area contributed by atoms with E-state index in [-0.39, 0.29) is 35.2 Å². The molecule has 0 radical (unpaired) electrons. The van der Waals surface area contributed by atoms with Crippen LogP contribution < -0.4 is 5.73 Å². The van der Waals surface area contributed by atoms with Crippen molar-refractivity contribution in [1.29, 1.82) is 0 Å². The smallest absolute Gasteiger partial charge is 0.147 e. The van der Waals surface area contributed by atoms with Crippen LogP contribution in [0.3, 0.4) is 0 Å². The average molecular weight is 307 g/mol. The zero-order valence-corrected chi connectivity index (χ0v) is 12.7. The highest BCUT2D eigenvalue weighted by Gasteiger charge is 2.56. The summed E-state index contributed by atoms with van der Waals surface area (Å²) >= 11 is 3.92. The van der Waals surface area contributed by atoms with Gasteiger partial charge in [0.05, 0.1) is 16.2 Å². The van der Waals surface area contributed by atoms with Crippen LogP contribution in [0.15, 0.2) is 0 Å². The van der Waals surface area contributed by atoms with Gasteiger partial charge in [0.2, 0.25) is 0 Å². The highest BCUT2D eigenvalue weighted by Crippen LogP contribution is 2.53. The van der Waals surface area contributed by atoms with Crippen molar-refractivity contribution >= 4 is 23.5 Å². The average Bonchev–Trinajstić information content (AvgIpc) is 2.92. The molecule has 2 heterocycles.